The number of benzene rings is 2. The topological polar surface area (TPSA) is 145 Å². The van der Waals surface area contributed by atoms with Crippen LogP contribution in [0.25, 0.3) is 0 Å². The van der Waals surface area contributed by atoms with Crippen molar-refractivity contribution in [2.24, 2.45) is 0 Å². The van der Waals surface area contributed by atoms with Crippen molar-refractivity contribution < 1.29 is 26.5 Å². The third-order valence-electron chi connectivity index (χ3n) is 3.12. The van der Waals surface area contributed by atoms with Crippen LogP contribution in [0.4, 0.5) is 17.1 Å². The van der Waals surface area contributed by atoms with Gasteiger partial charge in [-0.2, -0.15) is 0 Å². The molecule has 2 N–H and O–H groups in total. The Balaban J connectivity index is 2.50. The van der Waals surface area contributed by atoms with E-state index in [0.717, 1.165) is 18.4 Å². The first-order valence-electron chi connectivity index (χ1n) is 6.95. The Kier molecular flexibility index (Phi) is 5.37. The van der Waals surface area contributed by atoms with E-state index >= 15 is 0 Å². The normalized spacial score (nSPS) is 11.6. The molecule has 0 aromatic heterocycles. The van der Waals surface area contributed by atoms with Crippen LogP contribution in [-0.2, 0) is 20.0 Å². The Morgan fingerprint density at radius 3 is 2.08 bits per heavy atom. The average Bonchev–Trinajstić information content (AvgIpc) is 2.54. The summed E-state index contributed by atoms with van der Waals surface area (Å²) in [5.74, 6) is 0.120. The number of nitro groups is 1. The quantitative estimate of drug-likeness (QED) is 0.531. The molecule has 26 heavy (non-hydrogen) atoms. The average molecular weight is 401 g/mol. The minimum absolute atomic E-state index is 0.0188. The maximum atomic E-state index is 12.6. The SMILES string of the molecule is COc1ccc(S(=O)(=O)Nc2ccccc2NS(C)(=O)=O)c([N+](=O)[O-])c1. The third-order valence-corrected chi connectivity index (χ3v) is 5.12. The minimum atomic E-state index is -4.37. The molecule has 140 valence electrons. The van der Waals surface area contributed by atoms with E-state index in [9.17, 15) is 26.9 Å². The molecular formula is C14H15N3O7S2. The zero-order valence-electron chi connectivity index (χ0n) is 13.7. The van der Waals surface area contributed by atoms with E-state index < -0.39 is 35.6 Å². The number of ether oxygens (including phenoxy) is 1. The lowest BCUT2D eigenvalue weighted by atomic mass is 10.3. The smallest absolute Gasteiger partial charge is 0.293 e. The Morgan fingerprint density at radius 1 is 1.00 bits per heavy atom. The third kappa shape index (κ3) is 4.61. The lowest BCUT2D eigenvalue weighted by Crippen LogP contribution is -2.17. The summed E-state index contributed by atoms with van der Waals surface area (Å²) >= 11 is 0. The molecule has 12 heteroatoms. The van der Waals surface area contributed by atoms with Crippen molar-refractivity contribution in [1.29, 1.82) is 0 Å². The number of para-hydroxylation sites is 2. The molecule has 0 aliphatic rings. The molecule has 2 aromatic rings. The van der Waals surface area contributed by atoms with Crippen LogP contribution in [0, 0.1) is 10.1 Å². The number of nitro benzene ring substituents is 1. The molecule has 0 fully saturated rings. The molecule has 0 spiro atoms. The predicted molar refractivity (Wildman–Crippen MR) is 95.4 cm³/mol. The molecule has 0 heterocycles. The molecule has 0 atom stereocenters. The summed E-state index contributed by atoms with van der Waals surface area (Å²) in [7, 11) is -6.74. The van der Waals surface area contributed by atoms with Crippen molar-refractivity contribution in [3.05, 3.63) is 52.6 Å². The number of nitrogens with zero attached hydrogens (tertiary/aromatic N) is 1. The van der Waals surface area contributed by atoms with Gasteiger partial charge in [0.05, 0.1) is 35.7 Å². The number of nitrogens with one attached hydrogen (secondary N) is 2. The van der Waals surface area contributed by atoms with Crippen LogP contribution < -0.4 is 14.2 Å². The number of methoxy groups -OCH3 is 1. The highest BCUT2D eigenvalue weighted by Gasteiger charge is 2.27. The molecule has 0 bridgehead atoms. The fourth-order valence-electron chi connectivity index (χ4n) is 2.05. The fourth-order valence-corrected chi connectivity index (χ4v) is 3.87. The number of rotatable bonds is 7. The van der Waals surface area contributed by atoms with E-state index in [1.54, 1.807) is 0 Å². The van der Waals surface area contributed by atoms with Crippen molar-refractivity contribution in [3.63, 3.8) is 0 Å². The van der Waals surface area contributed by atoms with Gasteiger partial charge in [-0.3, -0.25) is 19.6 Å². The van der Waals surface area contributed by atoms with E-state index in [2.05, 4.69) is 9.44 Å². The highest BCUT2D eigenvalue weighted by molar-refractivity contribution is 7.93. The van der Waals surface area contributed by atoms with Crippen molar-refractivity contribution in [2.45, 2.75) is 4.90 Å². The van der Waals surface area contributed by atoms with Gasteiger partial charge in [0, 0.05) is 0 Å². The van der Waals surface area contributed by atoms with Gasteiger partial charge in [0.25, 0.3) is 15.7 Å². The monoisotopic (exact) mass is 401 g/mol. The number of hydrogen-bond donors (Lipinski definition) is 2. The van der Waals surface area contributed by atoms with Gasteiger partial charge in [-0.1, -0.05) is 12.1 Å². The molecule has 0 aliphatic heterocycles. The van der Waals surface area contributed by atoms with Crippen LogP contribution in [0.3, 0.4) is 0 Å². The molecule has 0 amide bonds. The molecular weight excluding hydrogens is 386 g/mol. The summed E-state index contributed by atoms with van der Waals surface area (Å²) in [4.78, 5) is 9.77. The van der Waals surface area contributed by atoms with Crippen LogP contribution >= 0.6 is 0 Å². The number of sulfonamides is 2. The van der Waals surface area contributed by atoms with Crippen molar-refractivity contribution in [1.82, 2.24) is 0 Å². The first-order chi connectivity index (χ1) is 12.0. The van der Waals surface area contributed by atoms with Crippen molar-refractivity contribution in [3.8, 4) is 5.75 Å². The first-order valence-corrected chi connectivity index (χ1v) is 10.3. The van der Waals surface area contributed by atoms with Gasteiger partial charge in [-0.05, 0) is 24.3 Å². The van der Waals surface area contributed by atoms with Crippen molar-refractivity contribution in [2.75, 3.05) is 22.8 Å². The van der Waals surface area contributed by atoms with E-state index in [1.165, 1.54) is 37.4 Å². The summed E-state index contributed by atoms with van der Waals surface area (Å²) in [5.41, 5.74) is -0.775. The Hall–Kier alpha value is -2.86. The molecule has 0 saturated carbocycles. The summed E-state index contributed by atoms with van der Waals surface area (Å²) in [6, 6.07) is 8.93. The Labute approximate surface area is 150 Å². The van der Waals surface area contributed by atoms with E-state index in [1.807, 2.05) is 0 Å². The van der Waals surface area contributed by atoms with Gasteiger partial charge in [0.1, 0.15) is 5.75 Å². The second-order valence-electron chi connectivity index (χ2n) is 5.12. The number of hydrogen-bond acceptors (Lipinski definition) is 7. The summed E-state index contributed by atoms with van der Waals surface area (Å²) in [6.45, 7) is 0. The summed E-state index contributed by atoms with van der Waals surface area (Å²) < 4.78 is 57.2. The van der Waals surface area contributed by atoms with Crippen LogP contribution in [0.5, 0.6) is 5.75 Å². The van der Waals surface area contributed by atoms with E-state index in [4.69, 9.17) is 4.74 Å². The highest BCUT2D eigenvalue weighted by Crippen LogP contribution is 2.31. The lowest BCUT2D eigenvalue weighted by molar-refractivity contribution is -0.387. The van der Waals surface area contributed by atoms with Crippen LogP contribution in [0.15, 0.2) is 47.4 Å². The predicted octanol–water partition coefficient (Wildman–Crippen LogP) is 1.78. The maximum absolute atomic E-state index is 12.6. The molecule has 10 nitrogen and oxygen atoms in total. The summed E-state index contributed by atoms with van der Waals surface area (Å²) in [5, 5.41) is 11.2. The molecule has 0 aliphatic carbocycles. The Morgan fingerprint density at radius 2 is 1.58 bits per heavy atom. The molecule has 0 radical (unpaired) electrons. The van der Waals surface area contributed by atoms with E-state index in [-0.39, 0.29) is 17.1 Å². The van der Waals surface area contributed by atoms with Crippen LogP contribution in [0.2, 0.25) is 0 Å². The van der Waals surface area contributed by atoms with E-state index in [0.29, 0.717) is 0 Å². The highest BCUT2D eigenvalue weighted by atomic mass is 32.2. The molecule has 0 unspecified atom stereocenters. The summed E-state index contributed by atoms with van der Waals surface area (Å²) in [6.07, 6.45) is 0.909. The Bertz CT molecular complexity index is 1050. The maximum Gasteiger partial charge on any atom is 0.293 e. The van der Waals surface area contributed by atoms with Gasteiger partial charge in [-0.25, -0.2) is 16.8 Å². The zero-order chi connectivity index (χ0) is 19.5. The van der Waals surface area contributed by atoms with Gasteiger partial charge < -0.3 is 4.74 Å². The minimum Gasteiger partial charge on any atom is -0.497 e. The largest absolute Gasteiger partial charge is 0.497 e. The van der Waals surface area contributed by atoms with Crippen LogP contribution in [-0.4, -0.2) is 35.1 Å². The standard InChI is InChI=1S/C14H15N3O7S2/c1-24-10-7-8-14(13(9-10)17(18)19)26(22,23)16-12-6-4-3-5-11(12)15-25(2,20)21/h3-9,15-16H,1-2H3. The van der Waals surface area contributed by atoms with Crippen molar-refractivity contribution >= 4 is 37.1 Å². The first kappa shape index (κ1) is 19.5. The molecule has 2 aromatic carbocycles. The van der Waals surface area contributed by atoms with Gasteiger partial charge in [0.15, 0.2) is 4.90 Å². The van der Waals surface area contributed by atoms with Gasteiger partial charge in [0.2, 0.25) is 10.0 Å². The van der Waals surface area contributed by atoms with Gasteiger partial charge in [-0.15, -0.1) is 0 Å². The molecule has 2 rings (SSSR count). The second kappa shape index (κ2) is 7.17. The second-order valence-corrected chi connectivity index (χ2v) is 8.52. The molecule has 0 saturated heterocycles. The fraction of sp³-hybridized carbons (Fsp3) is 0.143. The van der Waals surface area contributed by atoms with Gasteiger partial charge >= 0.3 is 0 Å². The zero-order valence-corrected chi connectivity index (χ0v) is 15.3. The lowest BCUT2D eigenvalue weighted by Gasteiger charge is -2.13. The van der Waals surface area contributed by atoms with Crippen LogP contribution in [0.1, 0.15) is 0 Å². The number of anilines is 2.